The first kappa shape index (κ1) is 23.2. The summed E-state index contributed by atoms with van der Waals surface area (Å²) in [4.78, 5) is 11.4. The summed E-state index contributed by atoms with van der Waals surface area (Å²) >= 11 is 2.11. The third-order valence-corrected chi connectivity index (χ3v) is 4.38. The summed E-state index contributed by atoms with van der Waals surface area (Å²) < 4.78 is 5.10. The molecule has 0 unspecified atom stereocenters. The lowest BCUT2D eigenvalue weighted by molar-refractivity contribution is -0.144. The van der Waals surface area contributed by atoms with Gasteiger partial charge in [-0.3, -0.25) is 4.79 Å². The van der Waals surface area contributed by atoms with Crippen LogP contribution < -0.4 is 5.73 Å². The van der Waals surface area contributed by atoms with Crippen LogP contribution in [0, 0.1) is 0 Å². The quantitative estimate of drug-likeness (QED) is 0.129. The number of hydrogen-bond donors (Lipinski definition) is 1. The zero-order chi connectivity index (χ0) is 17.2. The Kier molecular flexibility index (Phi) is 18.6. The number of rotatable bonds is 17. The fourth-order valence-electron chi connectivity index (χ4n) is 2.78. The van der Waals surface area contributed by atoms with Crippen LogP contribution in [-0.4, -0.2) is 16.6 Å². The molecule has 0 radical (unpaired) electrons. The van der Waals surface area contributed by atoms with Crippen molar-refractivity contribution in [2.24, 2.45) is 5.73 Å². The van der Waals surface area contributed by atoms with Crippen LogP contribution in [0.25, 0.3) is 0 Å². The second-order valence-electron chi connectivity index (χ2n) is 6.52. The molecule has 0 spiro atoms. The van der Waals surface area contributed by atoms with Crippen LogP contribution >= 0.6 is 22.6 Å². The lowest BCUT2D eigenvalue weighted by atomic mass is 10.0. The Bertz CT molecular complexity index is 260. The number of esters is 1. The lowest BCUT2D eigenvalue weighted by Crippen LogP contribution is -2.08. The maximum Gasteiger partial charge on any atom is 0.306 e. The van der Waals surface area contributed by atoms with Gasteiger partial charge < -0.3 is 10.5 Å². The van der Waals surface area contributed by atoms with Crippen molar-refractivity contribution in [2.75, 3.05) is 6.54 Å². The van der Waals surface area contributed by atoms with Gasteiger partial charge in [0.25, 0.3) is 0 Å². The van der Waals surface area contributed by atoms with Crippen LogP contribution in [-0.2, 0) is 9.53 Å². The number of halogens is 1. The molecular formula is C19H38INO2. The van der Waals surface area contributed by atoms with Crippen molar-refractivity contribution in [2.45, 2.75) is 107 Å². The maximum atomic E-state index is 11.4. The van der Waals surface area contributed by atoms with E-state index in [9.17, 15) is 4.79 Å². The number of carbonyl (C=O) groups excluding carboxylic acids is 1. The highest BCUT2D eigenvalue weighted by Gasteiger charge is 2.05. The first-order chi connectivity index (χ1) is 11.2. The molecule has 1 atom stereocenters. The van der Waals surface area contributed by atoms with Gasteiger partial charge in [-0.15, -0.1) is 0 Å². The van der Waals surface area contributed by atoms with Gasteiger partial charge in [0.05, 0.1) is 0 Å². The van der Waals surface area contributed by atoms with Crippen molar-refractivity contribution < 1.29 is 9.53 Å². The molecule has 0 aromatic rings. The third kappa shape index (κ3) is 20.1. The summed E-state index contributed by atoms with van der Waals surface area (Å²) in [5, 5.41) is 0. The Balaban J connectivity index is 3.06. The van der Waals surface area contributed by atoms with E-state index in [-0.39, 0.29) is 10.1 Å². The average Bonchev–Trinajstić information content (AvgIpc) is 2.50. The molecule has 0 bridgehead atoms. The molecule has 3 nitrogen and oxygen atoms in total. The lowest BCUT2D eigenvalue weighted by Gasteiger charge is -2.06. The minimum atomic E-state index is -0.0464. The fraction of sp³-hybridized carbons (Fsp3) is 0.947. The van der Waals surface area contributed by atoms with Crippen LogP contribution in [0.1, 0.15) is 103 Å². The second-order valence-corrected chi connectivity index (χ2v) is 8.28. The van der Waals surface area contributed by atoms with Crippen molar-refractivity contribution in [3.63, 3.8) is 0 Å². The number of nitrogens with two attached hydrogens (primary N) is 1. The SMILES string of the molecule is C[C@H](I)OC(=O)CCCCCCCCCCCCCCCCN. The Hall–Kier alpha value is 0.160. The standard InChI is InChI=1S/C19H38INO2/c1-18(20)23-19(22)16-14-12-10-8-6-4-2-3-5-7-9-11-13-15-17-21/h18H,2-17,21H2,1H3/t18-/m1/s1. The van der Waals surface area contributed by atoms with E-state index in [4.69, 9.17) is 10.5 Å². The summed E-state index contributed by atoms with van der Waals surface area (Å²) in [6, 6.07) is 0. The highest BCUT2D eigenvalue weighted by molar-refractivity contribution is 14.1. The summed E-state index contributed by atoms with van der Waals surface area (Å²) in [6.07, 6.45) is 18.9. The van der Waals surface area contributed by atoms with Gasteiger partial charge in [-0.25, -0.2) is 0 Å². The summed E-state index contributed by atoms with van der Waals surface area (Å²) in [5.41, 5.74) is 5.49. The van der Waals surface area contributed by atoms with E-state index >= 15 is 0 Å². The summed E-state index contributed by atoms with van der Waals surface area (Å²) in [7, 11) is 0. The minimum Gasteiger partial charge on any atom is -0.452 e. The largest absolute Gasteiger partial charge is 0.452 e. The number of alkyl halides is 1. The molecule has 138 valence electrons. The first-order valence-corrected chi connectivity index (χ1v) is 10.9. The summed E-state index contributed by atoms with van der Waals surface area (Å²) in [6.45, 7) is 2.74. The molecule has 0 aliphatic carbocycles. The van der Waals surface area contributed by atoms with Gasteiger partial charge in [0, 0.05) is 6.42 Å². The fourth-order valence-corrected chi connectivity index (χ4v) is 3.06. The van der Waals surface area contributed by atoms with E-state index < -0.39 is 0 Å². The average molecular weight is 439 g/mol. The van der Waals surface area contributed by atoms with E-state index in [1.165, 1.54) is 77.0 Å². The highest BCUT2D eigenvalue weighted by Crippen LogP contribution is 2.13. The Morgan fingerprint density at radius 3 is 1.48 bits per heavy atom. The molecule has 0 heterocycles. The predicted octanol–water partition coefficient (Wildman–Crippen LogP) is 6.12. The van der Waals surface area contributed by atoms with Crippen molar-refractivity contribution in [3.8, 4) is 0 Å². The zero-order valence-electron chi connectivity index (χ0n) is 15.2. The molecule has 0 amide bonds. The normalized spacial score (nSPS) is 12.3. The van der Waals surface area contributed by atoms with Gasteiger partial charge in [-0.1, -0.05) is 77.0 Å². The molecule has 0 saturated heterocycles. The van der Waals surface area contributed by atoms with Crippen LogP contribution in [0.2, 0.25) is 0 Å². The van der Waals surface area contributed by atoms with Gasteiger partial charge in [0.1, 0.15) is 4.11 Å². The Morgan fingerprint density at radius 2 is 1.13 bits per heavy atom. The van der Waals surface area contributed by atoms with Gasteiger partial charge in [0.15, 0.2) is 0 Å². The van der Waals surface area contributed by atoms with Crippen LogP contribution in [0.5, 0.6) is 0 Å². The smallest absolute Gasteiger partial charge is 0.306 e. The molecule has 0 rings (SSSR count). The van der Waals surface area contributed by atoms with Crippen molar-refractivity contribution in [1.82, 2.24) is 0 Å². The monoisotopic (exact) mass is 439 g/mol. The minimum absolute atomic E-state index is 0.00830. The van der Waals surface area contributed by atoms with Gasteiger partial charge in [-0.2, -0.15) is 0 Å². The van der Waals surface area contributed by atoms with Crippen molar-refractivity contribution >= 4 is 28.6 Å². The molecule has 0 saturated carbocycles. The van der Waals surface area contributed by atoms with E-state index in [0.717, 1.165) is 19.4 Å². The van der Waals surface area contributed by atoms with Crippen molar-refractivity contribution in [1.29, 1.82) is 0 Å². The van der Waals surface area contributed by atoms with Crippen LogP contribution in [0.4, 0.5) is 0 Å². The molecule has 0 aromatic heterocycles. The van der Waals surface area contributed by atoms with Crippen molar-refractivity contribution in [3.05, 3.63) is 0 Å². The number of hydrogen-bond acceptors (Lipinski definition) is 3. The molecular weight excluding hydrogens is 401 g/mol. The molecule has 0 fully saturated rings. The molecule has 4 heteroatoms. The topological polar surface area (TPSA) is 52.3 Å². The molecule has 2 N–H and O–H groups in total. The molecule has 0 aliphatic heterocycles. The number of unbranched alkanes of at least 4 members (excludes halogenated alkanes) is 13. The van der Waals surface area contributed by atoms with E-state index in [1.54, 1.807) is 0 Å². The Labute approximate surface area is 157 Å². The van der Waals surface area contributed by atoms with Gasteiger partial charge in [0.2, 0.25) is 0 Å². The first-order valence-electron chi connectivity index (χ1n) is 9.70. The van der Waals surface area contributed by atoms with Crippen LogP contribution in [0.3, 0.4) is 0 Å². The number of ether oxygens (including phenoxy) is 1. The predicted molar refractivity (Wildman–Crippen MR) is 108 cm³/mol. The third-order valence-electron chi connectivity index (χ3n) is 4.13. The van der Waals surface area contributed by atoms with E-state index in [0.29, 0.717) is 6.42 Å². The second kappa shape index (κ2) is 18.5. The zero-order valence-corrected chi connectivity index (χ0v) is 17.3. The highest BCUT2D eigenvalue weighted by atomic mass is 127. The van der Waals surface area contributed by atoms with E-state index in [1.807, 2.05) is 6.92 Å². The van der Waals surface area contributed by atoms with Gasteiger partial charge in [-0.05, 0) is 48.9 Å². The van der Waals surface area contributed by atoms with Crippen LogP contribution in [0.15, 0.2) is 0 Å². The Morgan fingerprint density at radius 1 is 0.783 bits per heavy atom. The van der Waals surface area contributed by atoms with E-state index in [2.05, 4.69) is 22.6 Å². The summed E-state index contributed by atoms with van der Waals surface area (Å²) in [5.74, 6) is -0.0464. The molecule has 0 aromatic carbocycles. The molecule has 0 aliphatic rings. The maximum absolute atomic E-state index is 11.4. The van der Waals surface area contributed by atoms with Gasteiger partial charge >= 0.3 is 5.97 Å². The number of carbonyl (C=O) groups is 1. The molecule has 23 heavy (non-hydrogen) atoms.